The van der Waals surface area contributed by atoms with Crippen LogP contribution in [0.15, 0.2) is 12.1 Å². The molecule has 116 valence electrons. The fourth-order valence-electron chi connectivity index (χ4n) is 2.23. The summed E-state index contributed by atoms with van der Waals surface area (Å²) in [7, 11) is 6.62. The number of thiophene rings is 1. The SMILES string of the molecule is C#Cc1ccc(C#C)c2c(C(=O)N(C)C)sc(C(=O)N(C)C)c12. The van der Waals surface area contributed by atoms with Crippen molar-refractivity contribution in [3.8, 4) is 24.7 Å². The van der Waals surface area contributed by atoms with Crippen LogP contribution in [0, 0.1) is 24.7 Å². The number of fused-ring (bicyclic) bond motifs is 1. The maximum atomic E-state index is 12.5. The van der Waals surface area contributed by atoms with E-state index in [-0.39, 0.29) is 11.8 Å². The molecule has 4 nitrogen and oxygen atoms in total. The third kappa shape index (κ3) is 2.67. The number of rotatable bonds is 2. The number of hydrogen-bond acceptors (Lipinski definition) is 3. The van der Waals surface area contributed by atoms with E-state index < -0.39 is 0 Å². The maximum absolute atomic E-state index is 12.5. The van der Waals surface area contributed by atoms with Gasteiger partial charge in [0.05, 0.1) is 0 Å². The van der Waals surface area contributed by atoms with Crippen LogP contribution in [0.1, 0.15) is 30.5 Å². The average Bonchev–Trinajstić information content (AvgIpc) is 2.92. The molecule has 1 aromatic carbocycles. The Bertz CT molecular complexity index is 820. The Hall–Kier alpha value is -2.76. The lowest BCUT2D eigenvalue weighted by Crippen LogP contribution is -2.21. The number of nitrogens with zero attached hydrogens (tertiary/aromatic N) is 2. The summed E-state index contributed by atoms with van der Waals surface area (Å²) in [5.74, 6) is 4.75. The molecule has 0 fully saturated rings. The first-order valence-electron chi connectivity index (χ1n) is 6.79. The number of carbonyl (C=O) groups is 2. The number of terminal acetylenes is 2. The van der Waals surface area contributed by atoms with Crippen LogP contribution in [0.5, 0.6) is 0 Å². The van der Waals surface area contributed by atoms with E-state index in [1.54, 1.807) is 40.3 Å². The van der Waals surface area contributed by atoms with E-state index in [9.17, 15) is 9.59 Å². The Labute approximate surface area is 139 Å². The highest BCUT2D eigenvalue weighted by atomic mass is 32.1. The van der Waals surface area contributed by atoms with Crippen LogP contribution in [0.25, 0.3) is 10.8 Å². The second-order valence-corrected chi connectivity index (χ2v) is 6.38. The van der Waals surface area contributed by atoms with Gasteiger partial charge in [0.2, 0.25) is 0 Å². The van der Waals surface area contributed by atoms with Gasteiger partial charge in [0, 0.05) is 50.1 Å². The largest absolute Gasteiger partial charge is 0.344 e. The van der Waals surface area contributed by atoms with Crippen molar-refractivity contribution in [2.75, 3.05) is 28.2 Å². The van der Waals surface area contributed by atoms with Gasteiger partial charge in [-0.25, -0.2) is 0 Å². The number of hydrogen-bond donors (Lipinski definition) is 0. The van der Waals surface area contributed by atoms with Gasteiger partial charge < -0.3 is 9.80 Å². The van der Waals surface area contributed by atoms with Gasteiger partial charge in [0.1, 0.15) is 9.75 Å². The van der Waals surface area contributed by atoms with Crippen molar-refractivity contribution in [1.29, 1.82) is 0 Å². The van der Waals surface area contributed by atoms with Crippen molar-refractivity contribution >= 4 is 33.9 Å². The van der Waals surface area contributed by atoms with Gasteiger partial charge in [-0.3, -0.25) is 9.59 Å². The quantitative estimate of drug-likeness (QED) is 0.795. The molecule has 0 N–H and O–H groups in total. The fourth-order valence-corrected chi connectivity index (χ4v) is 3.60. The molecule has 0 unspecified atom stereocenters. The third-order valence-corrected chi connectivity index (χ3v) is 4.54. The van der Waals surface area contributed by atoms with Crippen molar-refractivity contribution in [1.82, 2.24) is 9.80 Å². The van der Waals surface area contributed by atoms with E-state index in [0.29, 0.717) is 31.7 Å². The van der Waals surface area contributed by atoms with E-state index in [1.807, 2.05) is 0 Å². The molecule has 0 radical (unpaired) electrons. The predicted octanol–water partition coefficient (Wildman–Crippen LogP) is 2.27. The van der Waals surface area contributed by atoms with Crippen molar-refractivity contribution in [2.24, 2.45) is 0 Å². The fraction of sp³-hybridized carbons (Fsp3) is 0.222. The van der Waals surface area contributed by atoms with Gasteiger partial charge in [-0.2, -0.15) is 0 Å². The lowest BCUT2D eigenvalue weighted by Gasteiger charge is -2.09. The topological polar surface area (TPSA) is 40.6 Å². The van der Waals surface area contributed by atoms with Crippen LogP contribution in [0.4, 0.5) is 0 Å². The smallest absolute Gasteiger partial charge is 0.264 e. The molecule has 2 amide bonds. The molecule has 0 aliphatic heterocycles. The van der Waals surface area contributed by atoms with E-state index in [0.717, 1.165) is 11.3 Å². The molecular weight excluding hydrogens is 308 g/mol. The van der Waals surface area contributed by atoms with Crippen molar-refractivity contribution in [3.05, 3.63) is 33.0 Å². The Morgan fingerprint density at radius 2 is 1.22 bits per heavy atom. The molecule has 0 atom stereocenters. The van der Waals surface area contributed by atoms with Gasteiger partial charge in [0.25, 0.3) is 11.8 Å². The summed E-state index contributed by atoms with van der Waals surface area (Å²) < 4.78 is 0. The molecule has 0 aliphatic carbocycles. The standard InChI is InChI=1S/C18H16N2O2S/c1-7-11-9-10-12(8-2)14-13(11)15(17(21)19(3)4)23-16(14)18(22)20(5)6/h1-2,9-10H,3-6H3. The Balaban J connectivity index is 3.00. The number of benzene rings is 1. The molecule has 2 rings (SSSR count). The highest BCUT2D eigenvalue weighted by Gasteiger charge is 2.26. The molecule has 23 heavy (non-hydrogen) atoms. The minimum atomic E-state index is -0.205. The van der Waals surface area contributed by atoms with Crippen LogP contribution < -0.4 is 0 Å². The summed E-state index contributed by atoms with van der Waals surface area (Å²) in [6.45, 7) is 0. The average molecular weight is 324 g/mol. The summed E-state index contributed by atoms with van der Waals surface area (Å²) >= 11 is 1.13. The molecule has 0 aliphatic rings. The summed E-state index contributed by atoms with van der Waals surface area (Å²) in [4.78, 5) is 28.8. The van der Waals surface area contributed by atoms with Gasteiger partial charge in [-0.15, -0.1) is 24.2 Å². The number of carbonyl (C=O) groups excluding carboxylic acids is 2. The van der Waals surface area contributed by atoms with Crippen molar-refractivity contribution in [2.45, 2.75) is 0 Å². The summed E-state index contributed by atoms with van der Waals surface area (Å²) in [6, 6.07) is 3.42. The lowest BCUT2D eigenvalue weighted by molar-refractivity contribution is 0.0829. The van der Waals surface area contributed by atoms with Crippen LogP contribution in [0.2, 0.25) is 0 Å². The first-order chi connectivity index (χ1) is 10.8. The monoisotopic (exact) mass is 324 g/mol. The lowest BCUT2D eigenvalue weighted by atomic mass is 9.99. The maximum Gasteiger partial charge on any atom is 0.264 e. The van der Waals surface area contributed by atoms with E-state index >= 15 is 0 Å². The molecule has 5 heteroatoms. The Kier molecular flexibility index (Phi) is 4.45. The third-order valence-electron chi connectivity index (χ3n) is 3.38. The predicted molar refractivity (Wildman–Crippen MR) is 93.7 cm³/mol. The molecule has 2 aromatic rings. The van der Waals surface area contributed by atoms with E-state index in [2.05, 4.69) is 11.8 Å². The van der Waals surface area contributed by atoms with Crippen LogP contribution in [-0.4, -0.2) is 49.8 Å². The Morgan fingerprint density at radius 3 is 1.48 bits per heavy atom. The van der Waals surface area contributed by atoms with Crippen molar-refractivity contribution in [3.63, 3.8) is 0 Å². The second-order valence-electron chi connectivity index (χ2n) is 5.36. The van der Waals surface area contributed by atoms with Gasteiger partial charge in [-0.1, -0.05) is 11.8 Å². The molecule has 1 heterocycles. The van der Waals surface area contributed by atoms with Gasteiger partial charge in [0.15, 0.2) is 0 Å². The minimum absolute atomic E-state index is 0.205. The number of amides is 2. The second kappa shape index (κ2) is 6.16. The van der Waals surface area contributed by atoms with Gasteiger partial charge >= 0.3 is 0 Å². The zero-order chi connectivity index (χ0) is 17.3. The van der Waals surface area contributed by atoms with Crippen molar-refractivity contribution < 1.29 is 9.59 Å². The van der Waals surface area contributed by atoms with Gasteiger partial charge in [-0.05, 0) is 12.1 Å². The molecule has 0 saturated carbocycles. The normalized spacial score (nSPS) is 10.0. The molecular formula is C18H16N2O2S. The highest BCUT2D eigenvalue weighted by Crippen LogP contribution is 2.37. The molecule has 1 aromatic heterocycles. The molecule has 0 saturated heterocycles. The summed E-state index contributed by atoms with van der Waals surface area (Å²) in [5, 5.41) is 1.16. The zero-order valence-electron chi connectivity index (χ0n) is 13.4. The van der Waals surface area contributed by atoms with Crippen LogP contribution in [0.3, 0.4) is 0 Å². The first-order valence-corrected chi connectivity index (χ1v) is 7.61. The Morgan fingerprint density at radius 1 is 0.870 bits per heavy atom. The van der Waals surface area contributed by atoms with E-state index in [4.69, 9.17) is 12.8 Å². The zero-order valence-corrected chi connectivity index (χ0v) is 14.2. The highest BCUT2D eigenvalue weighted by molar-refractivity contribution is 7.18. The minimum Gasteiger partial charge on any atom is -0.344 e. The summed E-state index contributed by atoms with van der Waals surface area (Å²) in [6.07, 6.45) is 11.2. The molecule has 0 spiro atoms. The first kappa shape index (κ1) is 16.6. The van der Waals surface area contributed by atoms with E-state index in [1.165, 1.54) is 9.80 Å². The van der Waals surface area contributed by atoms with Crippen LogP contribution >= 0.6 is 11.3 Å². The molecule has 0 bridgehead atoms. The van der Waals surface area contributed by atoms with Crippen LogP contribution in [-0.2, 0) is 0 Å². The summed E-state index contributed by atoms with van der Waals surface area (Å²) in [5.41, 5.74) is 1.11.